The van der Waals surface area contributed by atoms with E-state index in [0.717, 1.165) is 13.0 Å². The number of likely N-dealkylation sites (N-methyl/N-ethyl adjacent to an activating group) is 1. The van der Waals surface area contributed by atoms with Crippen LogP contribution in [-0.4, -0.2) is 43.0 Å². The average molecular weight is 302 g/mol. The van der Waals surface area contributed by atoms with E-state index in [-0.39, 0.29) is 17.9 Å². The Morgan fingerprint density at radius 1 is 1.47 bits per heavy atom. The maximum atomic E-state index is 12.3. The summed E-state index contributed by atoms with van der Waals surface area (Å²) < 4.78 is 5.52. The van der Waals surface area contributed by atoms with Crippen molar-refractivity contribution in [1.29, 1.82) is 0 Å². The molecule has 0 aromatic heterocycles. The maximum absolute atomic E-state index is 12.3. The Bertz CT molecular complexity index is 479. The Morgan fingerprint density at radius 3 is 2.84 bits per heavy atom. The minimum Gasteiger partial charge on any atom is -0.377 e. The van der Waals surface area contributed by atoms with Gasteiger partial charge >= 0.3 is 0 Å². The molecular formula is C14H17Cl2NO2. The van der Waals surface area contributed by atoms with Crippen LogP contribution in [0.2, 0.25) is 10.0 Å². The second-order valence-corrected chi connectivity index (χ2v) is 5.74. The lowest BCUT2D eigenvalue weighted by Gasteiger charge is -2.25. The Balaban J connectivity index is 2.06. The highest BCUT2D eigenvalue weighted by Gasteiger charge is 2.29. The van der Waals surface area contributed by atoms with Gasteiger partial charge < -0.3 is 4.74 Å². The summed E-state index contributed by atoms with van der Waals surface area (Å²) in [5.74, 6) is -0.0194. The van der Waals surface area contributed by atoms with Gasteiger partial charge in [0.05, 0.1) is 17.7 Å². The minimum absolute atomic E-state index is 0.0194. The monoisotopic (exact) mass is 301 g/mol. The minimum atomic E-state index is -0.0194. The van der Waals surface area contributed by atoms with Crippen LogP contribution < -0.4 is 0 Å². The number of halogens is 2. The van der Waals surface area contributed by atoms with Gasteiger partial charge in [0.1, 0.15) is 0 Å². The normalized spacial score (nSPS) is 23.0. The van der Waals surface area contributed by atoms with Crippen LogP contribution in [0.3, 0.4) is 0 Å². The lowest BCUT2D eigenvalue weighted by atomic mass is 10.1. The first-order valence-electron chi connectivity index (χ1n) is 6.29. The summed E-state index contributed by atoms with van der Waals surface area (Å²) in [6.07, 6.45) is 1.11. The van der Waals surface area contributed by atoms with Crippen molar-refractivity contribution in [3.63, 3.8) is 0 Å². The van der Waals surface area contributed by atoms with Crippen molar-refractivity contribution in [1.82, 2.24) is 4.90 Å². The van der Waals surface area contributed by atoms with Crippen LogP contribution >= 0.6 is 23.2 Å². The molecule has 0 saturated carbocycles. The standard InChI is InChI=1S/C14H17Cl2NO2/c1-9-13(5-6-19-9)17(2)8-14(18)11-7-10(15)3-4-12(11)16/h3-4,7,9,13H,5-6,8H2,1-2H3. The smallest absolute Gasteiger partial charge is 0.178 e. The molecule has 5 heteroatoms. The van der Waals surface area contributed by atoms with Crippen LogP contribution in [0.25, 0.3) is 0 Å². The fourth-order valence-electron chi connectivity index (χ4n) is 2.44. The third-order valence-corrected chi connectivity index (χ3v) is 4.09. The molecule has 0 radical (unpaired) electrons. The van der Waals surface area contributed by atoms with Crippen LogP contribution in [0.5, 0.6) is 0 Å². The molecule has 1 aliphatic rings. The van der Waals surface area contributed by atoms with Gasteiger partial charge in [-0.25, -0.2) is 0 Å². The topological polar surface area (TPSA) is 29.5 Å². The lowest BCUT2D eigenvalue weighted by molar-refractivity contribution is 0.0746. The summed E-state index contributed by atoms with van der Waals surface area (Å²) >= 11 is 11.9. The van der Waals surface area contributed by atoms with E-state index >= 15 is 0 Å². The van der Waals surface area contributed by atoms with Crippen LogP contribution in [0.4, 0.5) is 0 Å². The van der Waals surface area contributed by atoms with E-state index in [0.29, 0.717) is 22.2 Å². The fraction of sp³-hybridized carbons (Fsp3) is 0.500. The summed E-state index contributed by atoms with van der Waals surface area (Å²) in [5, 5.41) is 0.964. The van der Waals surface area contributed by atoms with Crippen molar-refractivity contribution in [2.24, 2.45) is 0 Å². The number of ether oxygens (including phenoxy) is 1. The molecule has 1 aromatic rings. The second-order valence-electron chi connectivity index (χ2n) is 4.89. The number of carbonyl (C=O) groups excluding carboxylic acids is 1. The van der Waals surface area contributed by atoms with E-state index in [4.69, 9.17) is 27.9 Å². The first-order valence-corrected chi connectivity index (χ1v) is 7.04. The fourth-order valence-corrected chi connectivity index (χ4v) is 2.83. The van der Waals surface area contributed by atoms with E-state index in [9.17, 15) is 4.79 Å². The molecule has 19 heavy (non-hydrogen) atoms. The van der Waals surface area contributed by atoms with Gasteiger partial charge in [-0.2, -0.15) is 0 Å². The van der Waals surface area contributed by atoms with Gasteiger partial charge in [-0.05, 0) is 38.6 Å². The van der Waals surface area contributed by atoms with Gasteiger partial charge in [-0.15, -0.1) is 0 Å². The number of Topliss-reactive ketones (excluding diaryl/α,β-unsaturated/α-hetero) is 1. The van der Waals surface area contributed by atoms with E-state index in [2.05, 4.69) is 0 Å². The second kappa shape index (κ2) is 6.23. The van der Waals surface area contributed by atoms with Gasteiger partial charge in [0.2, 0.25) is 0 Å². The molecule has 2 atom stereocenters. The quantitative estimate of drug-likeness (QED) is 0.799. The van der Waals surface area contributed by atoms with Crippen LogP contribution in [-0.2, 0) is 4.74 Å². The van der Waals surface area contributed by atoms with Gasteiger partial charge in [-0.1, -0.05) is 23.2 Å². The predicted octanol–water partition coefficient (Wildman–Crippen LogP) is 3.29. The highest BCUT2D eigenvalue weighted by Crippen LogP contribution is 2.23. The summed E-state index contributed by atoms with van der Waals surface area (Å²) in [6, 6.07) is 5.23. The number of hydrogen-bond acceptors (Lipinski definition) is 3. The molecular weight excluding hydrogens is 285 g/mol. The molecule has 2 rings (SSSR count). The third-order valence-electron chi connectivity index (χ3n) is 3.52. The zero-order valence-electron chi connectivity index (χ0n) is 11.0. The lowest BCUT2D eigenvalue weighted by Crippen LogP contribution is -2.39. The molecule has 1 aliphatic heterocycles. The first-order chi connectivity index (χ1) is 8.99. The summed E-state index contributed by atoms with van der Waals surface area (Å²) in [7, 11) is 1.94. The average Bonchev–Trinajstić information content (AvgIpc) is 2.78. The molecule has 0 amide bonds. The summed E-state index contributed by atoms with van der Waals surface area (Å²) in [5.41, 5.74) is 0.479. The Hall–Kier alpha value is -0.610. The highest BCUT2D eigenvalue weighted by atomic mass is 35.5. The van der Waals surface area contributed by atoms with Crippen molar-refractivity contribution in [2.75, 3.05) is 20.2 Å². The zero-order chi connectivity index (χ0) is 14.0. The van der Waals surface area contributed by atoms with E-state index in [1.54, 1.807) is 18.2 Å². The van der Waals surface area contributed by atoms with Crippen molar-refractivity contribution >= 4 is 29.0 Å². The SMILES string of the molecule is CC1OCCC1N(C)CC(=O)c1cc(Cl)ccc1Cl. The van der Waals surface area contributed by atoms with Crippen molar-refractivity contribution < 1.29 is 9.53 Å². The zero-order valence-corrected chi connectivity index (χ0v) is 12.5. The molecule has 0 bridgehead atoms. The van der Waals surface area contributed by atoms with Crippen molar-refractivity contribution in [2.45, 2.75) is 25.5 Å². The summed E-state index contributed by atoms with van der Waals surface area (Å²) in [6.45, 7) is 3.10. The molecule has 1 aromatic carbocycles. The number of nitrogens with zero attached hydrogens (tertiary/aromatic N) is 1. The molecule has 3 nitrogen and oxygen atoms in total. The molecule has 0 N–H and O–H groups in total. The summed E-state index contributed by atoms with van der Waals surface area (Å²) in [4.78, 5) is 14.3. The number of rotatable bonds is 4. The first kappa shape index (κ1) is 14.8. The molecule has 104 valence electrons. The third kappa shape index (κ3) is 3.48. The Labute approximate surface area is 123 Å². The number of ketones is 1. The number of hydrogen-bond donors (Lipinski definition) is 0. The van der Waals surface area contributed by atoms with Crippen LogP contribution in [0.15, 0.2) is 18.2 Å². The molecule has 1 heterocycles. The van der Waals surface area contributed by atoms with Crippen LogP contribution in [0.1, 0.15) is 23.7 Å². The number of benzene rings is 1. The van der Waals surface area contributed by atoms with Gasteiger partial charge in [0.15, 0.2) is 5.78 Å². The van der Waals surface area contributed by atoms with E-state index in [1.165, 1.54) is 0 Å². The largest absolute Gasteiger partial charge is 0.377 e. The van der Waals surface area contributed by atoms with Crippen molar-refractivity contribution in [3.8, 4) is 0 Å². The van der Waals surface area contributed by atoms with Gasteiger partial charge in [0, 0.05) is 23.2 Å². The van der Waals surface area contributed by atoms with Gasteiger partial charge in [-0.3, -0.25) is 9.69 Å². The highest BCUT2D eigenvalue weighted by molar-refractivity contribution is 6.36. The molecule has 1 fully saturated rings. The van der Waals surface area contributed by atoms with E-state index < -0.39 is 0 Å². The van der Waals surface area contributed by atoms with E-state index in [1.807, 2.05) is 18.9 Å². The molecule has 0 aliphatic carbocycles. The molecule has 1 saturated heterocycles. The Morgan fingerprint density at radius 2 is 2.21 bits per heavy atom. The maximum Gasteiger partial charge on any atom is 0.178 e. The Kier molecular flexibility index (Phi) is 4.85. The van der Waals surface area contributed by atoms with Gasteiger partial charge in [0.25, 0.3) is 0 Å². The predicted molar refractivity (Wildman–Crippen MR) is 77.2 cm³/mol. The molecule has 2 unspecified atom stereocenters. The van der Waals surface area contributed by atoms with Crippen LogP contribution in [0, 0.1) is 0 Å². The van der Waals surface area contributed by atoms with Crippen molar-refractivity contribution in [3.05, 3.63) is 33.8 Å². The molecule has 0 spiro atoms. The number of carbonyl (C=O) groups is 1.